The number of nitrogens with zero attached hydrogens (tertiary/aromatic N) is 1. The average molecular weight is 286 g/mol. The van der Waals surface area contributed by atoms with Gasteiger partial charge < -0.3 is 15.3 Å². The Morgan fingerprint density at radius 1 is 1.24 bits per heavy atom. The minimum atomic E-state index is -0.713. The maximum Gasteiger partial charge on any atom is 0.261 e. The van der Waals surface area contributed by atoms with Gasteiger partial charge in [0.15, 0.2) is 0 Å². The van der Waals surface area contributed by atoms with Gasteiger partial charge >= 0.3 is 0 Å². The van der Waals surface area contributed by atoms with Gasteiger partial charge in [0.1, 0.15) is 11.6 Å². The second-order valence-electron chi connectivity index (χ2n) is 4.93. The third-order valence-electron chi connectivity index (χ3n) is 3.54. The van der Waals surface area contributed by atoms with Gasteiger partial charge in [-0.2, -0.15) is 0 Å². The van der Waals surface area contributed by atoms with E-state index in [4.69, 9.17) is 0 Å². The van der Waals surface area contributed by atoms with Gasteiger partial charge in [-0.25, -0.2) is 4.39 Å². The molecule has 1 heterocycles. The summed E-state index contributed by atoms with van der Waals surface area (Å²) in [5.74, 6) is -1.31. The van der Waals surface area contributed by atoms with Gasteiger partial charge in [-0.1, -0.05) is 18.2 Å². The van der Waals surface area contributed by atoms with E-state index in [1.165, 1.54) is 12.1 Å². The van der Waals surface area contributed by atoms with Crippen LogP contribution in [0.1, 0.15) is 15.9 Å². The number of halogens is 1. The Kier molecular flexibility index (Phi) is 3.58. The lowest BCUT2D eigenvalue weighted by atomic mass is 10.1. The maximum atomic E-state index is 13.9. The third kappa shape index (κ3) is 2.60. The molecule has 0 bridgehead atoms. The number of rotatable bonds is 1. The molecular formula is C16H15FN2O2. The number of hydrogen-bond donors (Lipinski definition) is 2. The first kappa shape index (κ1) is 13.6. The molecule has 0 fully saturated rings. The number of benzene rings is 2. The molecule has 0 aromatic heterocycles. The molecule has 108 valence electrons. The third-order valence-corrected chi connectivity index (χ3v) is 3.54. The fourth-order valence-electron chi connectivity index (χ4n) is 2.49. The summed E-state index contributed by atoms with van der Waals surface area (Å²) in [6, 6.07) is 11.2. The van der Waals surface area contributed by atoms with Gasteiger partial charge in [-0.15, -0.1) is 0 Å². The molecule has 2 N–H and O–H groups in total. The molecule has 2 aromatic rings. The molecule has 1 aliphatic heterocycles. The number of carbonyl (C=O) groups excluding carboxylic acids is 1. The fourth-order valence-corrected chi connectivity index (χ4v) is 2.49. The van der Waals surface area contributed by atoms with Gasteiger partial charge in [0.2, 0.25) is 0 Å². The standard InChI is InChI=1S/C16H15FN2O2/c17-14-9-12(20)5-6-13(14)16(21)19-8-7-18-10-11-3-1-2-4-15(11)19/h1-6,9,18,20H,7-8,10H2. The molecule has 0 saturated carbocycles. The highest BCUT2D eigenvalue weighted by atomic mass is 19.1. The van der Waals surface area contributed by atoms with Crippen LogP contribution in [-0.4, -0.2) is 24.1 Å². The van der Waals surface area contributed by atoms with E-state index in [1.54, 1.807) is 4.90 Å². The van der Waals surface area contributed by atoms with Gasteiger partial charge in [-0.3, -0.25) is 4.79 Å². The second-order valence-corrected chi connectivity index (χ2v) is 4.93. The molecule has 1 aliphatic rings. The lowest BCUT2D eigenvalue weighted by molar-refractivity contribution is 0.0983. The summed E-state index contributed by atoms with van der Waals surface area (Å²) in [7, 11) is 0. The number of fused-ring (bicyclic) bond motifs is 1. The van der Waals surface area contributed by atoms with Crippen LogP contribution < -0.4 is 10.2 Å². The molecule has 2 aromatic carbocycles. The number of phenols is 1. The average Bonchev–Trinajstić information content (AvgIpc) is 2.69. The normalized spacial score (nSPS) is 14.4. The molecule has 21 heavy (non-hydrogen) atoms. The molecule has 0 aliphatic carbocycles. The first-order valence-electron chi connectivity index (χ1n) is 6.76. The van der Waals surface area contributed by atoms with Crippen molar-refractivity contribution in [3.05, 3.63) is 59.4 Å². The van der Waals surface area contributed by atoms with E-state index in [9.17, 15) is 14.3 Å². The number of hydrogen-bond acceptors (Lipinski definition) is 3. The Morgan fingerprint density at radius 3 is 2.86 bits per heavy atom. The zero-order valence-electron chi connectivity index (χ0n) is 11.3. The van der Waals surface area contributed by atoms with Crippen LogP contribution in [0.2, 0.25) is 0 Å². The molecule has 0 unspecified atom stereocenters. The Labute approximate surface area is 121 Å². The van der Waals surface area contributed by atoms with Crippen LogP contribution >= 0.6 is 0 Å². The smallest absolute Gasteiger partial charge is 0.261 e. The van der Waals surface area contributed by atoms with E-state index in [-0.39, 0.29) is 11.3 Å². The van der Waals surface area contributed by atoms with Crippen molar-refractivity contribution in [1.82, 2.24) is 5.32 Å². The van der Waals surface area contributed by atoms with E-state index >= 15 is 0 Å². The number of nitrogens with one attached hydrogen (secondary N) is 1. The highest BCUT2D eigenvalue weighted by Gasteiger charge is 2.24. The number of aromatic hydroxyl groups is 1. The van der Waals surface area contributed by atoms with E-state index in [2.05, 4.69) is 5.32 Å². The summed E-state index contributed by atoms with van der Waals surface area (Å²) in [6.45, 7) is 1.79. The summed E-state index contributed by atoms with van der Waals surface area (Å²) >= 11 is 0. The van der Waals surface area contributed by atoms with Gasteiger partial charge in [0.05, 0.1) is 5.56 Å². The van der Waals surface area contributed by atoms with Crippen molar-refractivity contribution in [2.75, 3.05) is 18.0 Å². The maximum absolute atomic E-state index is 13.9. The minimum absolute atomic E-state index is 0.0375. The van der Waals surface area contributed by atoms with Crippen LogP contribution in [0.15, 0.2) is 42.5 Å². The van der Waals surface area contributed by atoms with Gasteiger partial charge in [0, 0.05) is 31.4 Å². The van der Waals surface area contributed by atoms with E-state index in [0.717, 1.165) is 17.3 Å². The van der Waals surface area contributed by atoms with Crippen molar-refractivity contribution >= 4 is 11.6 Å². The minimum Gasteiger partial charge on any atom is -0.508 e. The Bertz CT molecular complexity index is 688. The van der Waals surface area contributed by atoms with Crippen molar-refractivity contribution in [2.24, 2.45) is 0 Å². The largest absolute Gasteiger partial charge is 0.508 e. The molecule has 3 rings (SSSR count). The number of carbonyl (C=O) groups is 1. The summed E-state index contributed by atoms with van der Waals surface area (Å²) in [6.07, 6.45) is 0. The van der Waals surface area contributed by atoms with Crippen LogP contribution in [-0.2, 0) is 6.54 Å². The SMILES string of the molecule is O=C(c1ccc(O)cc1F)N1CCNCc2ccccc21. The van der Waals surface area contributed by atoms with Crippen molar-refractivity contribution in [1.29, 1.82) is 0 Å². The number of phenolic OH excluding ortho intramolecular Hbond substituents is 1. The number of amides is 1. The fraction of sp³-hybridized carbons (Fsp3) is 0.188. The Balaban J connectivity index is 2.01. The van der Waals surface area contributed by atoms with Crippen LogP contribution in [0, 0.1) is 5.82 Å². The summed E-state index contributed by atoms with van der Waals surface area (Å²) in [5.41, 5.74) is 1.76. The topological polar surface area (TPSA) is 52.6 Å². The van der Waals surface area contributed by atoms with Crippen molar-refractivity contribution in [2.45, 2.75) is 6.54 Å². The molecule has 4 nitrogen and oxygen atoms in total. The quantitative estimate of drug-likeness (QED) is 0.845. The monoisotopic (exact) mass is 286 g/mol. The lowest BCUT2D eigenvalue weighted by Gasteiger charge is -2.22. The highest BCUT2D eigenvalue weighted by molar-refractivity contribution is 6.06. The highest BCUT2D eigenvalue weighted by Crippen LogP contribution is 2.25. The van der Waals surface area contributed by atoms with Crippen molar-refractivity contribution in [3.63, 3.8) is 0 Å². The molecular weight excluding hydrogens is 271 g/mol. The van der Waals surface area contributed by atoms with E-state index in [0.29, 0.717) is 19.6 Å². The molecule has 0 spiro atoms. The van der Waals surface area contributed by atoms with Gasteiger partial charge in [0.25, 0.3) is 5.91 Å². The van der Waals surface area contributed by atoms with Crippen LogP contribution in [0.3, 0.4) is 0 Å². The van der Waals surface area contributed by atoms with Crippen LogP contribution in [0.5, 0.6) is 5.75 Å². The predicted octanol–water partition coefficient (Wildman–Crippen LogP) is 2.28. The van der Waals surface area contributed by atoms with Gasteiger partial charge in [-0.05, 0) is 23.8 Å². The Morgan fingerprint density at radius 2 is 2.05 bits per heavy atom. The Hall–Kier alpha value is -2.40. The molecule has 0 saturated heterocycles. The zero-order valence-corrected chi connectivity index (χ0v) is 11.3. The number of para-hydroxylation sites is 1. The van der Waals surface area contributed by atoms with Crippen molar-refractivity contribution in [3.8, 4) is 5.75 Å². The van der Waals surface area contributed by atoms with Crippen LogP contribution in [0.4, 0.5) is 10.1 Å². The summed E-state index contributed by atoms with van der Waals surface area (Å²) in [5, 5.41) is 12.5. The van der Waals surface area contributed by atoms with E-state index < -0.39 is 11.7 Å². The molecule has 0 atom stereocenters. The zero-order chi connectivity index (χ0) is 14.8. The van der Waals surface area contributed by atoms with Crippen molar-refractivity contribution < 1.29 is 14.3 Å². The first-order chi connectivity index (χ1) is 10.2. The molecule has 1 amide bonds. The first-order valence-corrected chi connectivity index (χ1v) is 6.76. The predicted molar refractivity (Wildman–Crippen MR) is 77.9 cm³/mol. The lowest BCUT2D eigenvalue weighted by Crippen LogP contribution is -2.35. The number of anilines is 1. The summed E-state index contributed by atoms with van der Waals surface area (Å²) < 4.78 is 13.9. The summed E-state index contributed by atoms with van der Waals surface area (Å²) in [4.78, 5) is 14.2. The molecule has 0 radical (unpaired) electrons. The second kappa shape index (κ2) is 5.54. The van der Waals surface area contributed by atoms with E-state index in [1.807, 2.05) is 24.3 Å². The molecule has 5 heteroatoms. The van der Waals surface area contributed by atoms with Crippen LogP contribution in [0.25, 0.3) is 0 Å².